The van der Waals surface area contributed by atoms with Gasteiger partial charge in [-0.15, -0.1) is 0 Å². The van der Waals surface area contributed by atoms with Gasteiger partial charge in [0.15, 0.2) is 31.3 Å². The Kier molecular flexibility index (Phi) is 10.5. The van der Waals surface area contributed by atoms with Crippen LogP contribution >= 0.6 is 0 Å². The van der Waals surface area contributed by atoms with Gasteiger partial charge < -0.3 is 28.1 Å². The summed E-state index contributed by atoms with van der Waals surface area (Å²) in [5.74, 6) is 1.73. The van der Waals surface area contributed by atoms with Crippen molar-refractivity contribution in [3.63, 3.8) is 0 Å². The summed E-state index contributed by atoms with van der Waals surface area (Å²) in [6.07, 6.45) is 0.125. The molecule has 0 aliphatic carbocycles. The van der Waals surface area contributed by atoms with E-state index in [0.29, 0.717) is 42.6 Å². The summed E-state index contributed by atoms with van der Waals surface area (Å²) in [6.45, 7) is 7.60. The third kappa shape index (κ3) is 8.47. The van der Waals surface area contributed by atoms with Gasteiger partial charge in [-0.1, -0.05) is 72.8 Å². The molecule has 7 nitrogen and oxygen atoms in total. The van der Waals surface area contributed by atoms with Gasteiger partial charge >= 0.3 is 5.97 Å². The number of methoxy groups -OCH3 is 2. The minimum atomic E-state index is -2.05. The molecule has 4 aromatic carbocycles. The van der Waals surface area contributed by atoms with Crippen molar-refractivity contribution in [1.82, 2.24) is 0 Å². The van der Waals surface area contributed by atoms with E-state index < -0.39 is 14.2 Å². The Balaban J connectivity index is 1.36. The van der Waals surface area contributed by atoms with Crippen molar-refractivity contribution in [1.29, 1.82) is 0 Å². The van der Waals surface area contributed by atoms with E-state index in [-0.39, 0.29) is 24.6 Å². The van der Waals surface area contributed by atoms with Gasteiger partial charge in [0.2, 0.25) is 0 Å². The first-order valence-corrected chi connectivity index (χ1v) is 18.7. The molecule has 3 atom stereocenters. The van der Waals surface area contributed by atoms with Crippen LogP contribution in [0.2, 0.25) is 19.6 Å². The zero-order valence-electron chi connectivity index (χ0n) is 26.7. The molecule has 1 saturated heterocycles. The lowest BCUT2D eigenvalue weighted by molar-refractivity contribution is -0.141. The second kappa shape index (κ2) is 14.7. The molecule has 0 aromatic heterocycles. The van der Waals surface area contributed by atoms with Gasteiger partial charge in [-0.05, 0) is 72.6 Å². The molecule has 1 fully saturated rings. The van der Waals surface area contributed by atoms with Crippen LogP contribution in [0.3, 0.4) is 0 Å². The molecule has 1 heterocycles. The van der Waals surface area contributed by atoms with Crippen molar-refractivity contribution in [2.75, 3.05) is 20.8 Å². The van der Waals surface area contributed by atoms with E-state index in [4.69, 9.17) is 28.1 Å². The number of hydrogen-bond donors (Lipinski definition) is 0. The van der Waals surface area contributed by atoms with E-state index in [0.717, 1.165) is 22.3 Å². The summed E-state index contributed by atoms with van der Waals surface area (Å²) in [5.41, 5.74) is 4.03. The standard InChI is InChI=1S/C37H42O7Si/c1-39-34-21-28(16-18-32(34)41-23-26-12-8-6-9-13-26)20-30-31(25-43-37(30)38)36(44-45(3,4)5)29-17-19-33(35(22-29)40-2)42-24-27-14-10-7-11-15-27/h6-19,21-22,30-31,36H,20,23-25H2,1-5H3/t30-,31+,36-/m0/s1. The quantitative estimate of drug-likeness (QED) is 0.105. The van der Waals surface area contributed by atoms with Crippen molar-refractivity contribution in [2.45, 2.75) is 45.4 Å². The van der Waals surface area contributed by atoms with Crippen LogP contribution in [0, 0.1) is 11.8 Å². The van der Waals surface area contributed by atoms with E-state index in [1.165, 1.54) is 0 Å². The largest absolute Gasteiger partial charge is 0.493 e. The zero-order chi connectivity index (χ0) is 31.8. The van der Waals surface area contributed by atoms with E-state index in [2.05, 4.69) is 19.6 Å². The molecule has 0 radical (unpaired) electrons. The molecule has 0 amide bonds. The normalized spacial score (nSPS) is 17.0. The molecule has 0 spiro atoms. The Bertz CT molecular complexity index is 1550. The van der Waals surface area contributed by atoms with Crippen LogP contribution in [-0.4, -0.2) is 35.1 Å². The Hall–Kier alpha value is -4.27. The summed E-state index contributed by atoms with van der Waals surface area (Å²) >= 11 is 0. The Labute approximate surface area is 267 Å². The second-order valence-corrected chi connectivity index (χ2v) is 16.7. The molecular formula is C37H42O7Si. The fraction of sp³-hybridized carbons (Fsp3) is 0.324. The highest BCUT2D eigenvalue weighted by molar-refractivity contribution is 6.69. The number of hydrogen-bond acceptors (Lipinski definition) is 7. The van der Waals surface area contributed by atoms with Crippen LogP contribution < -0.4 is 18.9 Å². The fourth-order valence-corrected chi connectivity index (χ4v) is 6.63. The molecule has 236 valence electrons. The van der Waals surface area contributed by atoms with Crippen LogP contribution in [0.15, 0.2) is 97.1 Å². The van der Waals surface area contributed by atoms with E-state index >= 15 is 0 Å². The van der Waals surface area contributed by atoms with Gasteiger partial charge in [-0.3, -0.25) is 4.79 Å². The number of carbonyl (C=O) groups excluding carboxylic acids is 1. The summed E-state index contributed by atoms with van der Waals surface area (Å²) < 4.78 is 36.1. The Morgan fingerprint density at radius 2 is 1.27 bits per heavy atom. The number of benzene rings is 4. The van der Waals surface area contributed by atoms with Crippen molar-refractivity contribution >= 4 is 14.3 Å². The summed E-state index contributed by atoms with van der Waals surface area (Å²) in [4.78, 5) is 13.2. The predicted molar refractivity (Wildman–Crippen MR) is 176 cm³/mol. The molecule has 0 unspecified atom stereocenters. The number of cyclic esters (lactones) is 1. The lowest BCUT2D eigenvalue weighted by Crippen LogP contribution is -2.34. The van der Waals surface area contributed by atoms with Crippen LogP contribution in [0.1, 0.15) is 28.4 Å². The minimum absolute atomic E-state index is 0.190. The maximum atomic E-state index is 13.2. The molecule has 1 aliphatic heterocycles. The predicted octanol–water partition coefficient (Wildman–Crippen LogP) is 7.79. The molecule has 8 heteroatoms. The third-order valence-electron chi connectivity index (χ3n) is 7.78. The van der Waals surface area contributed by atoms with Gasteiger partial charge in [-0.25, -0.2) is 0 Å². The van der Waals surface area contributed by atoms with E-state index in [1.807, 2.05) is 97.1 Å². The molecule has 0 saturated carbocycles. The smallest absolute Gasteiger partial charge is 0.309 e. The van der Waals surface area contributed by atoms with Crippen LogP contribution in [0.5, 0.6) is 23.0 Å². The summed E-state index contributed by atoms with van der Waals surface area (Å²) in [5, 5.41) is 0. The maximum Gasteiger partial charge on any atom is 0.309 e. The lowest BCUT2D eigenvalue weighted by Gasteiger charge is -2.32. The molecule has 4 aromatic rings. The first-order chi connectivity index (χ1) is 21.7. The molecule has 5 rings (SSSR count). The van der Waals surface area contributed by atoms with Crippen LogP contribution in [-0.2, 0) is 33.6 Å². The first kappa shape index (κ1) is 32.1. The summed E-state index contributed by atoms with van der Waals surface area (Å²) in [6, 6.07) is 31.7. The zero-order valence-corrected chi connectivity index (χ0v) is 27.7. The van der Waals surface area contributed by atoms with E-state index in [9.17, 15) is 4.79 Å². The molecule has 0 bridgehead atoms. The van der Waals surface area contributed by atoms with Crippen molar-refractivity contribution in [3.05, 3.63) is 119 Å². The number of carbonyl (C=O) groups is 1. The average Bonchev–Trinajstić information content (AvgIpc) is 3.41. The SMILES string of the molecule is COc1cc(C[C@@H]2C(=O)OC[C@H]2[C@@H](O[Si](C)(C)C)c2ccc(OCc3ccccc3)c(OC)c2)ccc1OCc1ccccc1. The fourth-order valence-electron chi connectivity index (χ4n) is 5.56. The maximum absolute atomic E-state index is 13.2. The lowest BCUT2D eigenvalue weighted by atomic mass is 9.83. The van der Waals surface area contributed by atoms with Gasteiger partial charge in [0.05, 0.1) is 32.8 Å². The van der Waals surface area contributed by atoms with Crippen LogP contribution in [0.25, 0.3) is 0 Å². The molecule has 45 heavy (non-hydrogen) atoms. The molecule has 1 aliphatic rings. The monoisotopic (exact) mass is 626 g/mol. The first-order valence-electron chi connectivity index (χ1n) is 15.3. The minimum Gasteiger partial charge on any atom is -0.493 e. The van der Waals surface area contributed by atoms with E-state index in [1.54, 1.807) is 14.2 Å². The number of ether oxygens (including phenoxy) is 5. The Morgan fingerprint density at radius 1 is 0.711 bits per heavy atom. The van der Waals surface area contributed by atoms with Gasteiger partial charge in [-0.2, -0.15) is 0 Å². The van der Waals surface area contributed by atoms with Crippen LogP contribution in [0.4, 0.5) is 0 Å². The van der Waals surface area contributed by atoms with Gasteiger partial charge in [0, 0.05) is 5.92 Å². The van der Waals surface area contributed by atoms with Crippen molar-refractivity contribution < 1.29 is 32.9 Å². The topological polar surface area (TPSA) is 72.5 Å². The highest BCUT2D eigenvalue weighted by Crippen LogP contribution is 2.43. The molecule has 0 N–H and O–H groups in total. The average molecular weight is 627 g/mol. The third-order valence-corrected chi connectivity index (χ3v) is 8.74. The number of rotatable bonds is 14. The van der Waals surface area contributed by atoms with Crippen molar-refractivity contribution in [2.24, 2.45) is 11.8 Å². The van der Waals surface area contributed by atoms with Crippen molar-refractivity contribution in [3.8, 4) is 23.0 Å². The number of esters is 1. The second-order valence-electron chi connectivity index (χ2n) is 12.2. The Morgan fingerprint density at radius 3 is 1.82 bits per heavy atom. The highest BCUT2D eigenvalue weighted by Gasteiger charge is 2.44. The van der Waals surface area contributed by atoms with Gasteiger partial charge in [0.25, 0.3) is 0 Å². The van der Waals surface area contributed by atoms with Gasteiger partial charge in [0.1, 0.15) is 13.2 Å². The summed E-state index contributed by atoms with van der Waals surface area (Å²) in [7, 11) is 1.21. The highest BCUT2D eigenvalue weighted by atomic mass is 28.4. The molecular weight excluding hydrogens is 584 g/mol.